The Morgan fingerprint density at radius 3 is 2.68 bits per heavy atom. The van der Waals surface area contributed by atoms with Gasteiger partial charge < -0.3 is 10.5 Å². The molecule has 0 spiro atoms. The molecule has 25 heavy (non-hydrogen) atoms. The molecular weight excluding hydrogens is 314 g/mol. The van der Waals surface area contributed by atoms with Crippen molar-refractivity contribution < 1.29 is 5.21 Å². The van der Waals surface area contributed by atoms with E-state index < -0.39 is 0 Å². The van der Waals surface area contributed by atoms with Gasteiger partial charge in [-0.25, -0.2) is 9.97 Å². The van der Waals surface area contributed by atoms with E-state index in [2.05, 4.69) is 15.3 Å². The van der Waals surface area contributed by atoms with E-state index >= 15 is 0 Å². The summed E-state index contributed by atoms with van der Waals surface area (Å²) in [5.74, 6) is 1.15. The smallest absolute Gasteiger partial charge is 0.176 e. The van der Waals surface area contributed by atoms with Crippen LogP contribution in [0.4, 0.5) is 11.5 Å². The normalized spacial score (nSPS) is 11.7. The summed E-state index contributed by atoms with van der Waals surface area (Å²) < 4.78 is 1.14. The van der Waals surface area contributed by atoms with Gasteiger partial charge in [0.2, 0.25) is 0 Å². The van der Waals surface area contributed by atoms with E-state index in [1.54, 1.807) is 18.6 Å². The lowest BCUT2D eigenvalue weighted by atomic mass is 10.1. The Morgan fingerprint density at radius 2 is 1.80 bits per heavy atom. The summed E-state index contributed by atoms with van der Waals surface area (Å²) in [7, 11) is 0. The number of pyridine rings is 2. The zero-order valence-corrected chi connectivity index (χ0v) is 13.1. The third-order valence-electron chi connectivity index (χ3n) is 4.28. The molecule has 0 saturated carbocycles. The van der Waals surface area contributed by atoms with Crippen LogP contribution in [0.2, 0.25) is 0 Å². The molecular formula is C19H13N5O. The van der Waals surface area contributed by atoms with Gasteiger partial charge in [0.1, 0.15) is 17.2 Å². The molecule has 0 unspecified atom stereocenters. The number of imidazole rings is 1. The Morgan fingerprint density at radius 1 is 0.920 bits per heavy atom. The van der Waals surface area contributed by atoms with Gasteiger partial charge in [-0.3, -0.25) is 4.98 Å². The zero-order valence-electron chi connectivity index (χ0n) is 13.1. The van der Waals surface area contributed by atoms with Crippen molar-refractivity contribution in [2.75, 3.05) is 5.32 Å². The first-order valence-electron chi connectivity index (χ1n) is 7.87. The first-order valence-corrected chi connectivity index (χ1v) is 7.87. The minimum atomic E-state index is 0.491. The number of nitrogens with zero attached hydrogens (tertiary/aromatic N) is 4. The average molecular weight is 327 g/mol. The van der Waals surface area contributed by atoms with Gasteiger partial charge in [-0.15, -0.1) is 0 Å². The number of fused-ring (bicyclic) bond motifs is 5. The van der Waals surface area contributed by atoms with E-state index in [4.69, 9.17) is 4.98 Å². The van der Waals surface area contributed by atoms with Gasteiger partial charge in [0.05, 0.1) is 11.9 Å². The predicted octanol–water partition coefficient (Wildman–Crippen LogP) is 3.97. The fourth-order valence-corrected chi connectivity index (χ4v) is 3.14. The molecule has 1 aliphatic heterocycles. The van der Waals surface area contributed by atoms with Gasteiger partial charge in [-0.2, -0.15) is 4.73 Å². The zero-order chi connectivity index (χ0) is 16.8. The van der Waals surface area contributed by atoms with Crippen LogP contribution in [0.15, 0.2) is 67.1 Å². The van der Waals surface area contributed by atoms with Gasteiger partial charge in [-0.1, -0.05) is 30.3 Å². The minimum absolute atomic E-state index is 0.491. The van der Waals surface area contributed by atoms with Crippen molar-refractivity contribution in [3.63, 3.8) is 0 Å². The summed E-state index contributed by atoms with van der Waals surface area (Å²) in [6, 6.07) is 15.3. The first-order chi connectivity index (χ1) is 12.3. The van der Waals surface area contributed by atoms with Crippen LogP contribution in [-0.4, -0.2) is 24.9 Å². The Kier molecular flexibility index (Phi) is 2.84. The second-order valence-electron chi connectivity index (χ2n) is 5.76. The fraction of sp³-hybridized carbons (Fsp3) is 0. The highest BCUT2D eigenvalue weighted by Crippen LogP contribution is 2.43. The number of anilines is 2. The topological polar surface area (TPSA) is 75.9 Å². The number of aromatic nitrogens is 4. The van der Waals surface area contributed by atoms with E-state index in [9.17, 15) is 5.21 Å². The molecule has 0 bridgehead atoms. The number of rotatable bonds is 1. The molecule has 5 rings (SSSR count). The molecule has 0 saturated heterocycles. The van der Waals surface area contributed by atoms with Crippen molar-refractivity contribution >= 4 is 11.5 Å². The summed E-state index contributed by atoms with van der Waals surface area (Å²) in [5.41, 5.74) is 4.60. The number of nitrogens with one attached hydrogen (secondary N) is 1. The largest absolute Gasteiger partial charge is 0.426 e. The van der Waals surface area contributed by atoms with Crippen molar-refractivity contribution in [1.29, 1.82) is 0 Å². The summed E-state index contributed by atoms with van der Waals surface area (Å²) in [4.78, 5) is 13.3. The first kappa shape index (κ1) is 13.7. The van der Waals surface area contributed by atoms with E-state index in [1.165, 1.54) is 0 Å². The molecule has 1 aromatic carbocycles. The third kappa shape index (κ3) is 2.01. The maximum atomic E-state index is 10.9. The van der Waals surface area contributed by atoms with Crippen LogP contribution in [-0.2, 0) is 0 Å². The third-order valence-corrected chi connectivity index (χ3v) is 4.28. The second kappa shape index (κ2) is 5.17. The molecule has 6 nitrogen and oxygen atoms in total. The molecule has 4 heterocycles. The second-order valence-corrected chi connectivity index (χ2v) is 5.76. The minimum Gasteiger partial charge on any atom is -0.426 e. The average Bonchev–Trinajstić information content (AvgIpc) is 2.93. The molecule has 0 atom stereocenters. The Hall–Kier alpha value is -3.67. The van der Waals surface area contributed by atoms with Crippen LogP contribution >= 0.6 is 0 Å². The van der Waals surface area contributed by atoms with Crippen LogP contribution < -0.4 is 5.32 Å². The van der Waals surface area contributed by atoms with Crippen molar-refractivity contribution in [3.05, 3.63) is 67.1 Å². The Balaban J connectivity index is 1.87. The van der Waals surface area contributed by atoms with E-state index in [-0.39, 0.29) is 0 Å². The molecule has 0 amide bonds. The SMILES string of the molecule is On1c(-c2ccccc2)nc2c1-c1cccnc1Nc1cnccc1-2. The number of benzene rings is 1. The maximum Gasteiger partial charge on any atom is 0.176 e. The molecule has 120 valence electrons. The van der Waals surface area contributed by atoms with Gasteiger partial charge in [-0.05, 0) is 18.2 Å². The van der Waals surface area contributed by atoms with Gasteiger partial charge in [0.25, 0.3) is 0 Å². The van der Waals surface area contributed by atoms with Crippen molar-refractivity contribution in [2.24, 2.45) is 0 Å². The van der Waals surface area contributed by atoms with Crippen molar-refractivity contribution in [1.82, 2.24) is 19.7 Å². The molecule has 0 radical (unpaired) electrons. The lowest BCUT2D eigenvalue weighted by Crippen LogP contribution is -2.00. The lowest BCUT2D eigenvalue weighted by Gasteiger charge is -2.09. The van der Waals surface area contributed by atoms with Crippen LogP contribution in [0.3, 0.4) is 0 Å². The van der Waals surface area contributed by atoms with E-state index in [0.29, 0.717) is 23.0 Å². The summed E-state index contributed by atoms with van der Waals surface area (Å²) in [5, 5.41) is 14.2. The van der Waals surface area contributed by atoms with Crippen LogP contribution in [0.1, 0.15) is 0 Å². The highest BCUT2D eigenvalue weighted by molar-refractivity contribution is 5.95. The number of hydrogen-bond acceptors (Lipinski definition) is 5. The van der Waals surface area contributed by atoms with Gasteiger partial charge >= 0.3 is 0 Å². The molecule has 1 aliphatic rings. The van der Waals surface area contributed by atoms with E-state index in [1.807, 2.05) is 48.5 Å². The molecule has 0 aliphatic carbocycles. The van der Waals surface area contributed by atoms with Crippen LogP contribution in [0, 0.1) is 0 Å². The molecule has 0 fully saturated rings. The van der Waals surface area contributed by atoms with Crippen molar-refractivity contribution in [3.8, 4) is 33.9 Å². The quantitative estimate of drug-likeness (QED) is 0.456. The monoisotopic (exact) mass is 327 g/mol. The molecule has 3 aromatic heterocycles. The number of hydrogen-bond donors (Lipinski definition) is 2. The van der Waals surface area contributed by atoms with Gasteiger partial charge in [0.15, 0.2) is 5.82 Å². The van der Waals surface area contributed by atoms with Gasteiger partial charge in [0, 0.05) is 29.1 Å². The predicted molar refractivity (Wildman–Crippen MR) is 94.6 cm³/mol. The van der Waals surface area contributed by atoms with Crippen molar-refractivity contribution in [2.45, 2.75) is 0 Å². The Labute approximate surface area is 143 Å². The van der Waals surface area contributed by atoms with Crippen LogP contribution in [0.25, 0.3) is 33.9 Å². The highest BCUT2D eigenvalue weighted by Gasteiger charge is 2.27. The molecule has 2 N–H and O–H groups in total. The summed E-state index contributed by atoms with van der Waals surface area (Å²) >= 11 is 0. The maximum absolute atomic E-state index is 10.9. The molecule has 4 aromatic rings. The highest BCUT2D eigenvalue weighted by atomic mass is 16.5. The standard InChI is InChI=1S/C19H13N5O/c25-24-17-14-7-4-9-21-18(14)22-15-11-20-10-8-13(15)16(17)23-19(24)12-5-2-1-3-6-12/h1-11,25H,(H,21,22). The summed E-state index contributed by atoms with van der Waals surface area (Å²) in [6.45, 7) is 0. The van der Waals surface area contributed by atoms with Crippen LogP contribution in [0.5, 0.6) is 0 Å². The fourth-order valence-electron chi connectivity index (χ4n) is 3.14. The van der Waals surface area contributed by atoms with E-state index in [0.717, 1.165) is 27.1 Å². The summed E-state index contributed by atoms with van der Waals surface area (Å²) in [6.07, 6.45) is 5.16. The Bertz CT molecular complexity index is 1090. The molecule has 6 heteroatoms. The lowest BCUT2D eigenvalue weighted by molar-refractivity contribution is 0.195.